The zero-order chi connectivity index (χ0) is 21.3. The first kappa shape index (κ1) is 21.3. The molecule has 162 valence electrons. The van der Waals surface area contributed by atoms with Crippen LogP contribution >= 0.6 is 11.6 Å². The molecule has 2 atom stereocenters. The van der Waals surface area contributed by atoms with Crippen LogP contribution < -0.4 is 0 Å². The van der Waals surface area contributed by atoms with E-state index in [-0.39, 0.29) is 24.0 Å². The number of hydrogen-bond donors (Lipinski definition) is 0. The molecule has 0 aliphatic carbocycles. The van der Waals surface area contributed by atoms with E-state index in [2.05, 4.69) is 4.90 Å². The molecule has 2 fully saturated rings. The molecule has 2 amide bonds. The van der Waals surface area contributed by atoms with Gasteiger partial charge < -0.3 is 14.4 Å². The Morgan fingerprint density at radius 2 is 1.60 bits per heavy atom. The van der Waals surface area contributed by atoms with Crippen molar-refractivity contribution in [2.75, 3.05) is 52.5 Å². The van der Waals surface area contributed by atoms with Crippen molar-refractivity contribution in [1.82, 2.24) is 14.7 Å². The molecule has 0 saturated carbocycles. The summed E-state index contributed by atoms with van der Waals surface area (Å²) in [6.07, 6.45) is -0.0314. The fourth-order valence-corrected chi connectivity index (χ4v) is 4.49. The summed E-state index contributed by atoms with van der Waals surface area (Å²) in [6, 6.07) is 7.11. The molecule has 0 N–H and O–H groups in total. The van der Waals surface area contributed by atoms with Crippen molar-refractivity contribution in [2.24, 2.45) is 0 Å². The van der Waals surface area contributed by atoms with Crippen molar-refractivity contribution in [3.63, 3.8) is 0 Å². The fourth-order valence-electron chi connectivity index (χ4n) is 4.36. The van der Waals surface area contributed by atoms with Crippen molar-refractivity contribution < 1.29 is 19.1 Å². The first-order valence-corrected chi connectivity index (χ1v) is 10.9. The number of hydrogen-bond acceptors (Lipinski definition) is 6. The predicted octanol–water partition coefficient (Wildman–Crippen LogP) is 1.86. The number of carbonyl (C=O) groups is 2. The lowest BCUT2D eigenvalue weighted by Gasteiger charge is -2.37. The van der Waals surface area contributed by atoms with E-state index in [1.54, 1.807) is 12.1 Å². The van der Waals surface area contributed by atoms with Gasteiger partial charge in [0.25, 0.3) is 11.8 Å². The minimum absolute atomic E-state index is 0.0157. The van der Waals surface area contributed by atoms with Crippen LogP contribution in [-0.2, 0) is 19.1 Å². The SMILES string of the molecule is CC1CN(C2=C(c3ccc(Cl)cc3)C(=O)N(CCN3CCOCC3)C2=O)CC(C)O1. The Kier molecular flexibility index (Phi) is 6.43. The van der Waals surface area contributed by atoms with Crippen LogP contribution in [0.2, 0.25) is 5.02 Å². The summed E-state index contributed by atoms with van der Waals surface area (Å²) in [5.74, 6) is -0.461. The van der Waals surface area contributed by atoms with Crippen molar-refractivity contribution in [3.8, 4) is 0 Å². The highest BCUT2D eigenvalue weighted by Crippen LogP contribution is 2.33. The van der Waals surface area contributed by atoms with Crippen LogP contribution in [0.3, 0.4) is 0 Å². The van der Waals surface area contributed by atoms with Gasteiger partial charge in [0, 0.05) is 44.3 Å². The maximum Gasteiger partial charge on any atom is 0.277 e. The molecule has 3 aliphatic heterocycles. The maximum atomic E-state index is 13.4. The van der Waals surface area contributed by atoms with Crippen molar-refractivity contribution >= 4 is 29.0 Å². The lowest BCUT2D eigenvalue weighted by Crippen LogP contribution is -2.48. The summed E-state index contributed by atoms with van der Waals surface area (Å²) in [5, 5.41) is 0.593. The number of amides is 2. The zero-order valence-electron chi connectivity index (χ0n) is 17.5. The van der Waals surface area contributed by atoms with E-state index in [4.69, 9.17) is 21.1 Å². The summed E-state index contributed by atoms with van der Waals surface area (Å²) in [6.45, 7) is 9.16. The first-order chi connectivity index (χ1) is 14.4. The Hall–Kier alpha value is -1.93. The highest BCUT2D eigenvalue weighted by molar-refractivity contribution is 6.36. The van der Waals surface area contributed by atoms with Gasteiger partial charge in [0.15, 0.2) is 0 Å². The largest absolute Gasteiger partial charge is 0.379 e. The Morgan fingerprint density at radius 3 is 2.23 bits per heavy atom. The summed E-state index contributed by atoms with van der Waals surface area (Å²) >= 11 is 6.05. The highest BCUT2D eigenvalue weighted by atomic mass is 35.5. The third-order valence-corrected chi connectivity index (χ3v) is 6.01. The van der Waals surface area contributed by atoms with Gasteiger partial charge in [-0.05, 0) is 31.5 Å². The van der Waals surface area contributed by atoms with Crippen molar-refractivity contribution in [2.45, 2.75) is 26.1 Å². The number of ether oxygens (including phenoxy) is 2. The van der Waals surface area contributed by atoms with E-state index in [0.29, 0.717) is 61.2 Å². The van der Waals surface area contributed by atoms with E-state index >= 15 is 0 Å². The standard InChI is InChI=1S/C22H28ClN3O4/c1-15-13-25(14-16(2)30-15)20-19(17-3-5-18(23)6-4-17)21(27)26(22(20)28)8-7-24-9-11-29-12-10-24/h3-6,15-16H,7-14H2,1-2H3. The molecule has 1 aromatic carbocycles. The van der Waals surface area contributed by atoms with Crippen LogP contribution in [0.1, 0.15) is 19.4 Å². The van der Waals surface area contributed by atoms with E-state index < -0.39 is 0 Å². The van der Waals surface area contributed by atoms with Gasteiger partial charge in [-0.1, -0.05) is 23.7 Å². The van der Waals surface area contributed by atoms with Crippen LogP contribution in [0.5, 0.6) is 0 Å². The predicted molar refractivity (Wildman–Crippen MR) is 114 cm³/mol. The van der Waals surface area contributed by atoms with Crippen LogP contribution in [0.4, 0.5) is 0 Å². The molecule has 3 aliphatic rings. The van der Waals surface area contributed by atoms with Crippen LogP contribution in [0.15, 0.2) is 30.0 Å². The zero-order valence-corrected chi connectivity index (χ0v) is 18.2. The van der Waals surface area contributed by atoms with Gasteiger partial charge in [-0.3, -0.25) is 19.4 Å². The Labute approximate surface area is 182 Å². The van der Waals surface area contributed by atoms with Crippen molar-refractivity contribution in [1.29, 1.82) is 0 Å². The van der Waals surface area contributed by atoms with Crippen LogP contribution in [-0.4, -0.2) is 91.2 Å². The number of rotatable bonds is 5. The Balaban J connectivity index is 1.63. The number of benzene rings is 1. The lowest BCUT2D eigenvalue weighted by molar-refractivity contribution is -0.138. The van der Waals surface area contributed by atoms with Gasteiger partial charge in [-0.2, -0.15) is 0 Å². The van der Waals surface area contributed by atoms with Gasteiger partial charge in [-0.15, -0.1) is 0 Å². The smallest absolute Gasteiger partial charge is 0.277 e. The molecular formula is C22H28ClN3O4. The third-order valence-electron chi connectivity index (χ3n) is 5.76. The molecule has 0 aromatic heterocycles. The quantitative estimate of drug-likeness (QED) is 0.660. The molecule has 2 unspecified atom stereocenters. The second-order valence-electron chi connectivity index (χ2n) is 8.11. The van der Waals surface area contributed by atoms with E-state index in [0.717, 1.165) is 13.1 Å². The number of morpholine rings is 2. The highest BCUT2D eigenvalue weighted by Gasteiger charge is 2.43. The van der Waals surface area contributed by atoms with Gasteiger partial charge in [0.05, 0.1) is 31.0 Å². The molecule has 0 bridgehead atoms. The fraction of sp³-hybridized carbons (Fsp3) is 0.545. The summed E-state index contributed by atoms with van der Waals surface area (Å²) < 4.78 is 11.2. The van der Waals surface area contributed by atoms with Crippen LogP contribution in [0, 0.1) is 0 Å². The van der Waals surface area contributed by atoms with Gasteiger partial charge in [0.2, 0.25) is 0 Å². The lowest BCUT2D eigenvalue weighted by atomic mass is 10.0. The summed E-state index contributed by atoms with van der Waals surface area (Å²) in [7, 11) is 0. The number of nitrogens with zero attached hydrogens (tertiary/aromatic N) is 3. The molecule has 1 aromatic rings. The number of carbonyl (C=O) groups excluding carboxylic acids is 2. The van der Waals surface area contributed by atoms with Gasteiger partial charge >= 0.3 is 0 Å². The van der Waals surface area contributed by atoms with E-state index in [1.807, 2.05) is 30.9 Å². The molecule has 2 saturated heterocycles. The average Bonchev–Trinajstić information content (AvgIpc) is 2.97. The van der Waals surface area contributed by atoms with Gasteiger partial charge in [-0.25, -0.2) is 0 Å². The summed E-state index contributed by atoms with van der Waals surface area (Å²) in [5.41, 5.74) is 1.65. The minimum Gasteiger partial charge on any atom is -0.379 e. The van der Waals surface area contributed by atoms with E-state index in [9.17, 15) is 9.59 Å². The number of halogens is 1. The molecular weight excluding hydrogens is 406 g/mol. The summed E-state index contributed by atoms with van der Waals surface area (Å²) in [4.78, 5) is 32.5. The second-order valence-corrected chi connectivity index (χ2v) is 8.55. The molecule has 3 heterocycles. The van der Waals surface area contributed by atoms with Crippen LogP contribution in [0.25, 0.3) is 5.57 Å². The second kappa shape index (κ2) is 9.06. The molecule has 7 nitrogen and oxygen atoms in total. The first-order valence-electron chi connectivity index (χ1n) is 10.5. The molecule has 0 spiro atoms. The van der Waals surface area contributed by atoms with E-state index in [1.165, 1.54) is 4.90 Å². The molecule has 4 rings (SSSR count). The monoisotopic (exact) mass is 433 g/mol. The minimum atomic E-state index is -0.239. The molecule has 8 heteroatoms. The third kappa shape index (κ3) is 4.39. The molecule has 30 heavy (non-hydrogen) atoms. The van der Waals surface area contributed by atoms with Gasteiger partial charge in [0.1, 0.15) is 5.70 Å². The number of imide groups is 1. The molecule has 0 radical (unpaired) electrons. The average molecular weight is 434 g/mol. The Morgan fingerprint density at radius 1 is 0.967 bits per heavy atom. The maximum absolute atomic E-state index is 13.4. The topological polar surface area (TPSA) is 62.3 Å². The van der Waals surface area contributed by atoms with Crippen molar-refractivity contribution in [3.05, 3.63) is 40.5 Å². The normalized spacial score (nSPS) is 26.1. The Bertz CT molecular complexity index is 825.